The number of benzene rings is 1. The van der Waals surface area contributed by atoms with Crippen LogP contribution in [0.4, 0.5) is 0 Å². The molecule has 0 aliphatic carbocycles. The van der Waals surface area contributed by atoms with Crippen LogP contribution in [-0.4, -0.2) is 31.6 Å². The molecule has 0 N–H and O–H groups in total. The third-order valence-electron chi connectivity index (χ3n) is 2.38. The molecule has 0 saturated carbocycles. The van der Waals surface area contributed by atoms with Crippen molar-refractivity contribution < 1.29 is 24.1 Å². The van der Waals surface area contributed by atoms with E-state index in [4.69, 9.17) is 14.2 Å². The van der Waals surface area contributed by atoms with Crippen molar-refractivity contribution in [2.45, 2.75) is 19.0 Å². The van der Waals surface area contributed by atoms with Crippen LogP contribution in [0.2, 0.25) is 0 Å². The number of carboxylic acid groups (broad SMARTS) is 1. The van der Waals surface area contributed by atoms with Gasteiger partial charge in [-0.05, 0) is 5.56 Å². The summed E-state index contributed by atoms with van der Waals surface area (Å²) in [5.74, 6) is -1.25. The van der Waals surface area contributed by atoms with Gasteiger partial charge in [0.25, 0.3) is 0 Å². The minimum atomic E-state index is -1.25. The third kappa shape index (κ3) is 3.52. The van der Waals surface area contributed by atoms with Gasteiger partial charge >= 0.3 is 0 Å². The molecule has 1 fully saturated rings. The summed E-state index contributed by atoms with van der Waals surface area (Å²) < 4.78 is 15.5. The second kappa shape index (κ2) is 5.77. The maximum Gasteiger partial charge on any atom is 0.181 e. The zero-order valence-corrected chi connectivity index (χ0v) is 9.20. The summed E-state index contributed by atoms with van der Waals surface area (Å²) in [5, 5.41) is 10.5. The molecule has 1 aromatic carbocycles. The van der Waals surface area contributed by atoms with Gasteiger partial charge in [0.2, 0.25) is 0 Å². The fraction of sp³-hybridized carbons (Fsp3) is 0.417. The lowest BCUT2D eigenvalue weighted by atomic mass is 10.2. The van der Waals surface area contributed by atoms with Crippen molar-refractivity contribution in [2.24, 2.45) is 0 Å². The highest BCUT2D eigenvalue weighted by molar-refractivity contribution is 5.70. The molecular formula is C12H13O5-. The minimum absolute atomic E-state index is 0.0156. The van der Waals surface area contributed by atoms with Gasteiger partial charge in [0.15, 0.2) is 6.29 Å². The molecule has 0 unspecified atom stereocenters. The number of hydrogen-bond donors (Lipinski definition) is 0. The van der Waals surface area contributed by atoms with Crippen molar-refractivity contribution in [3.05, 3.63) is 35.9 Å². The van der Waals surface area contributed by atoms with Gasteiger partial charge in [-0.2, -0.15) is 0 Å². The van der Waals surface area contributed by atoms with Gasteiger partial charge < -0.3 is 24.1 Å². The highest BCUT2D eigenvalue weighted by atomic mass is 16.7. The SMILES string of the molecule is O=C([O-])[C@@H]1CO[C@@H](COCc2ccccc2)O1. The first kappa shape index (κ1) is 12.0. The lowest BCUT2D eigenvalue weighted by molar-refractivity contribution is -0.315. The molecule has 0 bridgehead atoms. The molecule has 5 nitrogen and oxygen atoms in total. The van der Waals surface area contributed by atoms with Crippen LogP contribution in [0, 0.1) is 0 Å². The number of aliphatic carboxylic acids is 1. The standard InChI is InChI=1S/C12H14O5/c13-12(14)10-7-16-11(17-10)8-15-6-9-4-2-1-3-5-9/h1-5,10-11H,6-8H2,(H,13,14)/p-1/t10-,11+/m0/s1. The molecule has 1 aliphatic heterocycles. The molecule has 2 atom stereocenters. The van der Waals surface area contributed by atoms with Gasteiger partial charge in [-0.25, -0.2) is 0 Å². The van der Waals surface area contributed by atoms with Crippen molar-refractivity contribution in [3.63, 3.8) is 0 Å². The number of hydrogen-bond acceptors (Lipinski definition) is 5. The van der Waals surface area contributed by atoms with Gasteiger partial charge in [0, 0.05) is 0 Å². The molecule has 1 aromatic rings. The zero-order valence-electron chi connectivity index (χ0n) is 9.20. The van der Waals surface area contributed by atoms with E-state index < -0.39 is 18.4 Å². The molecule has 0 spiro atoms. The zero-order chi connectivity index (χ0) is 12.1. The number of carboxylic acids is 1. The second-order valence-corrected chi connectivity index (χ2v) is 3.71. The van der Waals surface area contributed by atoms with Crippen LogP contribution in [0.1, 0.15) is 5.56 Å². The van der Waals surface area contributed by atoms with Gasteiger partial charge in [-0.1, -0.05) is 30.3 Å². The summed E-state index contributed by atoms with van der Waals surface area (Å²) in [4.78, 5) is 10.5. The van der Waals surface area contributed by atoms with Crippen molar-refractivity contribution in [2.75, 3.05) is 13.2 Å². The largest absolute Gasteiger partial charge is 0.547 e. The highest BCUT2D eigenvalue weighted by Crippen LogP contribution is 2.12. The van der Waals surface area contributed by atoms with Crippen LogP contribution < -0.4 is 5.11 Å². The Morgan fingerprint density at radius 3 is 2.82 bits per heavy atom. The van der Waals surface area contributed by atoms with E-state index in [-0.39, 0.29) is 13.2 Å². The summed E-state index contributed by atoms with van der Waals surface area (Å²) >= 11 is 0. The van der Waals surface area contributed by atoms with E-state index in [1.807, 2.05) is 30.3 Å². The molecule has 5 heteroatoms. The number of carbonyl (C=O) groups is 1. The lowest BCUT2D eigenvalue weighted by Crippen LogP contribution is -2.37. The Kier molecular flexibility index (Phi) is 4.08. The Balaban J connectivity index is 1.68. The molecular weight excluding hydrogens is 224 g/mol. The van der Waals surface area contributed by atoms with Crippen LogP contribution in [0.3, 0.4) is 0 Å². The van der Waals surface area contributed by atoms with E-state index in [1.165, 1.54) is 0 Å². The lowest BCUT2D eigenvalue weighted by Gasteiger charge is -2.12. The molecule has 1 aliphatic rings. The van der Waals surface area contributed by atoms with Crippen LogP contribution in [0.25, 0.3) is 0 Å². The van der Waals surface area contributed by atoms with E-state index >= 15 is 0 Å². The average molecular weight is 237 g/mol. The predicted molar refractivity (Wildman–Crippen MR) is 55.7 cm³/mol. The molecule has 92 valence electrons. The molecule has 0 amide bonds. The van der Waals surface area contributed by atoms with Crippen molar-refractivity contribution >= 4 is 5.97 Å². The Labute approximate surface area is 98.9 Å². The van der Waals surface area contributed by atoms with Crippen molar-refractivity contribution in [3.8, 4) is 0 Å². The molecule has 0 radical (unpaired) electrons. The first-order chi connectivity index (χ1) is 8.25. The number of carbonyl (C=O) groups excluding carboxylic acids is 1. The maximum absolute atomic E-state index is 10.5. The van der Waals surface area contributed by atoms with Crippen LogP contribution >= 0.6 is 0 Å². The number of ether oxygens (including phenoxy) is 3. The Hall–Kier alpha value is -1.43. The second-order valence-electron chi connectivity index (χ2n) is 3.71. The highest BCUT2D eigenvalue weighted by Gasteiger charge is 2.26. The summed E-state index contributed by atoms with van der Waals surface area (Å²) in [6.45, 7) is 0.667. The average Bonchev–Trinajstić information content (AvgIpc) is 2.79. The van der Waals surface area contributed by atoms with E-state index in [0.29, 0.717) is 6.61 Å². The molecule has 1 saturated heterocycles. The van der Waals surface area contributed by atoms with E-state index in [9.17, 15) is 9.90 Å². The van der Waals surface area contributed by atoms with Crippen LogP contribution in [-0.2, 0) is 25.6 Å². The third-order valence-corrected chi connectivity index (χ3v) is 2.38. The van der Waals surface area contributed by atoms with Crippen molar-refractivity contribution in [1.29, 1.82) is 0 Å². The van der Waals surface area contributed by atoms with Crippen LogP contribution in [0.15, 0.2) is 30.3 Å². The van der Waals surface area contributed by atoms with Gasteiger partial charge in [-0.3, -0.25) is 0 Å². The molecule has 2 rings (SSSR count). The first-order valence-electron chi connectivity index (χ1n) is 5.35. The minimum Gasteiger partial charge on any atom is -0.547 e. The smallest absolute Gasteiger partial charge is 0.181 e. The van der Waals surface area contributed by atoms with E-state index in [0.717, 1.165) is 5.56 Å². The Morgan fingerprint density at radius 2 is 2.18 bits per heavy atom. The van der Waals surface area contributed by atoms with Gasteiger partial charge in [-0.15, -0.1) is 0 Å². The van der Waals surface area contributed by atoms with Gasteiger partial charge in [0.1, 0.15) is 6.10 Å². The molecule has 1 heterocycles. The fourth-order valence-electron chi connectivity index (χ4n) is 1.51. The first-order valence-corrected chi connectivity index (χ1v) is 5.35. The van der Waals surface area contributed by atoms with Gasteiger partial charge in [0.05, 0.1) is 25.8 Å². The summed E-state index contributed by atoms with van der Waals surface area (Å²) in [5.41, 5.74) is 1.04. The summed E-state index contributed by atoms with van der Waals surface area (Å²) in [6, 6.07) is 9.67. The van der Waals surface area contributed by atoms with E-state index in [1.54, 1.807) is 0 Å². The Morgan fingerprint density at radius 1 is 1.41 bits per heavy atom. The quantitative estimate of drug-likeness (QED) is 0.703. The maximum atomic E-state index is 10.5. The monoisotopic (exact) mass is 237 g/mol. The van der Waals surface area contributed by atoms with Crippen LogP contribution in [0.5, 0.6) is 0 Å². The topological polar surface area (TPSA) is 67.8 Å². The van der Waals surface area contributed by atoms with E-state index in [2.05, 4.69) is 0 Å². The summed E-state index contributed by atoms with van der Waals surface area (Å²) in [6.07, 6.45) is -1.61. The Bertz CT molecular complexity index is 364. The fourth-order valence-corrected chi connectivity index (χ4v) is 1.51. The number of rotatable bonds is 5. The molecule has 17 heavy (non-hydrogen) atoms. The summed E-state index contributed by atoms with van der Waals surface area (Å²) in [7, 11) is 0. The van der Waals surface area contributed by atoms with Crippen molar-refractivity contribution in [1.82, 2.24) is 0 Å². The molecule has 0 aromatic heterocycles. The predicted octanol–water partition coefficient (Wildman–Crippen LogP) is -0.305. The normalized spacial score (nSPS) is 23.8.